The number of aromatic amines is 1. The topological polar surface area (TPSA) is 104 Å². The van der Waals surface area contributed by atoms with E-state index in [4.69, 9.17) is 9.84 Å². The van der Waals surface area contributed by atoms with Gasteiger partial charge in [-0.25, -0.2) is 9.78 Å². The Morgan fingerprint density at radius 3 is 2.89 bits per heavy atom. The molecule has 1 rings (SSSR count). The standard InChI is InChI=1S/C12H19N3O4/c1-2-4-19-5-3-11(16)15-10(12(17)18)6-9-7-13-8-14-9/h7-8,10H,2-6H2,1H3,(H,13,14)(H,15,16)(H,17,18)/t10-/m0/s1. The van der Waals surface area contributed by atoms with Gasteiger partial charge in [0, 0.05) is 31.3 Å². The number of hydrogen-bond donors (Lipinski definition) is 3. The number of imidazole rings is 1. The molecule has 0 fully saturated rings. The highest BCUT2D eigenvalue weighted by atomic mass is 16.5. The lowest BCUT2D eigenvalue weighted by Gasteiger charge is -2.13. The zero-order valence-electron chi connectivity index (χ0n) is 10.9. The van der Waals surface area contributed by atoms with E-state index in [1.807, 2.05) is 6.92 Å². The molecule has 106 valence electrons. The number of hydrogen-bond acceptors (Lipinski definition) is 4. The normalized spacial score (nSPS) is 12.1. The van der Waals surface area contributed by atoms with Gasteiger partial charge in [-0.05, 0) is 6.42 Å². The molecule has 0 aliphatic rings. The Bertz CT molecular complexity index is 392. The molecule has 0 unspecified atom stereocenters. The first kappa shape index (κ1) is 15.2. The Labute approximate surface area is 111 Å². The van der Waals surface area contributed by atoms with Crippen LogP contribution in [0.1, 0.15) is 25.5 Å². The van der Waals surface area contributed by atoms with E-state index in [1.165, 1.54) is 12.5 Å². The summed E-state index contributed by atoms with van der Waals surface area (Å²) in [5.74, 6) is -1.40. The summed E-state index contributed by atoms with van der Waals surface area (Å²) in [6.07, 6.45) is 4.23. The van der Waals surface area contributed by atoms with Gasteiger partial charge in [-0.1, -0.05) is 6.92 Å². The van der Waals surface area contributed by atoms with Crippen molar-refractivity contribution in [3.63, 3.8) is 0 Å². The van der Waals surface area contributed by atoms with Crippen LogP contribution < -0.4 is 5.32 Å². The van der Waals surface area contributed by atoms with Crippen molar-refractivity contribution in [1.82, 2.24) is 15.3 Å². The Kier molecular flexibility index (Phi) is 6.59. The van der Waals surface area contributed by atoms with E-state index in [1.54, 1.807) is 0 Å². The van der Waals surface area contributed by atoms with Gasteiger partial charge in [-0.2, -0.15) is 0 Å². The summed E-state index contributed by atoms with van der Waals surface area (Å²) in [6, 6.07) is -0.959. The molecule has 0 aliphatic carbocycles. The molecule has 0 aliphatic heterocycles. The highest BCUT2D eigenvalue weighted by Crippen LogP contribution is 1.99. The molecular formula is C12H19N3O4. The molecule has 7 nitrogen and oxygen atoms in total. The van der Waals surface area contributed by atoms with Crippen LogP contribution in [0.2, 0.25) is 0 Å². The predicted molar refractivity (Wildman–Crippen MR) is 67.6 cm³/mol. The van der Waals surface area contributed by atoms with Crippen LogP contribution in [0.25, 0.3) is 0 Å². The van der Waals surface area contributed by atoms with Crippen molar-refractivity contribution in [2.45, 2.75) is 32.2 Å². The van der Waals surface area contributed by atoms with E-state index in [2.05, 4.69) is 15.3 Å². The minimum absolute atomic E-state index is 0.159. The second kappa shape index (κ2) is 8.25. The summed E-state index contributed by atoms with van der Waals surface area (Å²) in [5.41, 5.74) is 0.662. The lowest BCUT2D eigenvalue weighted by atomic mass is 10.1. The van der Waals surface area contributed by atoms with Gasteiger partial charge < -0.3 is 20.1 Å². The Morgan fingerprint density at radius 1 is 1.53 bits per heavy atom. The highest BCUT2D eigenvalue weighted by Gasteiger charge is 2.20. The molecule has 0 saturated carbocycles. The maximum Gasteiger partial charge on any atom is 0.326 e. The lowest BCUT2D eigenvalue weighted by Crippen LogP contribution is -2.42. The molecule has 0 spiro atoms. The number of nitrogens with one attached hydrogen (secondary N) is 2. The monoisotopic (exact) mass is 269 g/mol. The summed E-state index contributed by atoms with van der Waals surface area (Å²) in [4.78, 5) is 29.2. The lowest BCUT2D eigenvalue weighted by molar-refractivity contribution is -0.142. The first-order valence-electron chi connectivity index (χ1n) is 6.20. The molecule has 3 N–H and O–H groups in total. The number of rotatable bonds is 9. The smallest absolute Gasteiger partial charge is 0.326 e. The number of amides is 1. The van der Waals surface area contributed by atoms with Gasteiger partial charge in [0.05, 0.1) is 12.9 Å². The zero-order chi connectivity index (χ0) is 14.1. The molecule has 0 saturated heterocycles. The Balaban J connectivity index is 2.36. The van der Waals surface area contributed by atoms with Crippen LogP contribution in [-0.2, 0) is 20.7 Å². The Hall–Kier alpha value is -1.89. The number of carbonyl (C=O) groups excluding carboxylic acids is 1. The summed E-state index contributed by atoms with van der Waals surface area (Å²) in [7, 11) is 0. The van der Waals surface area contributed by atoms with Crippen molar-refractivity contribution in [2.24, 2.45) is 0 Å². The van der Waals surface area contributed by atoms with E-state index in [0.717, 1.165) is 6.42 Å². The molecule has 1 heterocycles. The molecule has 1 atom stereocenters. The molecule has 1 amide bonds. The van der Waals surface area contributed by atoms with E-state index >= 15 is 0 Å². The van der Waals surface area contributed by atoms with Crippen LogP contribution in [0, 0.1) is 0 Å². The van der Waals surface area contributed by atoms with Crippen LogP contribution >= 0.6 is 0 Å². The second-order valence-electron chi connectivity index (χ2n) is 4.10. The summed E-state index contributed by atoms with van der Waals surface area (Å²) >= 11 is 0. The molecule has 0 bridgehead atoms. The third kappa shape index (κ3) is 6.01. The number of carbonyl (C=O) groups is 2. The maximum absolute atomic E-state index is 11.6. The SMILES string of the molecule is CCCOCCC(=O)N[C@@H](Cc1cnc[nH]1)C(=O)O. The van der Waals surface area contributed by atoms with Crippen molar-refractivity contribution in [2.75, 3.05) is 13.2 Å². The van der Waals surface area contributed by atoms with Gasteiger partial charge >= 0.3 is 5.97 Å². The van der Waals surface area contributed by atoms with Gasteiger partial charge in [-0.3, -0.25) is 4.79 Å². The van der Waals surface area contributed by atoms with Crippen molar-refractivity contribution in [3.05, 3.63) is 18.2 Å². The predicted octanol–water partition coefficient (Wildman–Crippen LogP) is 0.338. The van der Waals surface area contributed by atoms with Gasteiger partial charge in [-0.15, -0.1) is 0 Å². The summed E-state index contributed by atoms with van der Waals surface area (Å²) < 4.78 is 5.18. The molecule has 0 aromatic carbocycles. The van der Waals surface area contributed by atoms with Crippen molar-refractivity contribution in [1.29, 1.82) is 0 Å². The van der Waals surface area contributed by atoms with Crippen molar-refractivity contribution < 1.29 is 19.4 Å². The Morgan fingerprint density at radius 2 is 2.32 bits per heavy atom. The highest BCUT2D eigenvalue weighted by molar-refractivity contribution is 5.83. The molecular weight excluding hydrogens is 250 g/mol. The number of aliphatic carboxylic acids is 1. The molecule has 7 heteroatoms. The first-order valence-corrected chi connectivity index (χ1v) is 6.20. The average molecular weight is 269 g/mol. The van der Waals surface area contributed by atoms with Crippen LogP contribution in [0.15, 0.2) is 12.5 Å². The fourth-order valence-corrected chi connectivity index (χ4v) is 1.49. The van der Waals surface area contributed by atoms with E-state index in [-0.39, 0.29) is 18.7 Å². The molecule has 1 aromatic rings. The van der Waals surface area contributed by atoms with Crippen LogP contribution in [-0.4, -0.2) is 46.2 Å². The van der Waals surface area contributed by atoms with Crippen molar-refractivity contribution in [3.8, 4) is 0 Å². The number of aromatic nitrogens is 2. The van der Waals surface area contributed by atoms with E-state index in [9.17, 15) is 9.59 Å². The van der Waals surface area contributed by atoms with Gasteiger partial charge in [0.2, 0.25) is 5.91 Å². The maximum atomic E-state index is 11.6. The third-order valence-electron chi connectivity index (χ3n) is 2.43. The van der Waals surface area contributed by atoms with Crippen LogP contribution in [0.5, 0.6) is 0 Å². The van der Waals surface area contributed by atoms with Crippen molar-refractivity contribution >= 4 is 11.9 Å². The van der Waals surface area contributed by atoms with Gasteiger partial charge in [0.25, 0.3) is 0 Å². The number of carboxylic acids is 1. The van der Waals surface area contributed by atoms with E-state index < -0.39 is 12.0 Å². The zero-order valence-corrected chi connectivity index (χ0v) is 10.9. The second-order valence-corrected chi connectivity index (χ2v) is 4.10. The number of carboxylic acid groups (broad SMARTS) is 1. The first-order chi connectivity index (χ1) is 9.13. The molecule has 19 heavy (non-hydrogen) atoms. The minimum Gasteiger partial charge on any atom is -0.480 e. The minimum atomic E-state index is -1.07. The molecule has 1 aromatic heterocycles. The summed E-state index contributed by atoms with van der Waals surface area (Å²) in [5, 5.41) is 11.5. The number of H-pyrrole nitrogens is 1. The fraction of sp³-hybridized carbons (Fsp3) is 0.583. The van der Waals surface area contributed by atoms with E-state index in [0.29, 0.717) is 18.9 Å². The van der Waals surface area contributed by atoms with Gasteiger partial charge in [0.1, 0.15) is 6.04 Å². The quantitative estimate of drug-likeness (QED) is 0.561. The fourth-order valence-electron chi connectivity index (χ4n) is 1.49. The van der Waals surface area contributed by atoms with Crippen LogP contribution in [0.4, 0.5) is 0 Å². The number of ether oxygens (including phenoxy) is 1. The summed E-state index contributed by atoms with van der Waals surface area (Å²) in [6.45, 7) is 2.88. The number of nitrogens with zero attached hydrogens (tertiary/aromatic N) is 1. The molecule has 0 radical (unpaired) electrons. The largest absolute Gasteiger partial charge is 0.480 e. The third-order valence-corrected chi connectivity index (χ3v) is 2.43. The average Bonchev–Trinajstić information content (AvgIpc) is 2.86. The van der Waals surface area contributed by atoms with Gasteiger partial charge in [0.15, 0.2) is 0 Å². The van der Waals surface area contributed by atoms with Crippen LogP contribution in [0.3, 0.4) is 0 Å².